The Morgan fingerprint density at radius 2 is 2.00 bits per heavy atom. The van der Waals surface area contributed by atoms with Gasteiger partial charge in [0.05, 0.1) is 43.3 Å². The predicted molar refractivity (Wildman–Crippen MR) is 118 cm³/mol. The lowest BCUT2D eigenvalue weighted by Crippen LogP contribution is -2.51. The zero-order valence-electron chi connectivity index (χ0n) is 17.9. The van der Waals surface area contributed by atoms with Crippen LogP contribution in [0, 0.1) is 0 Å². The minimum atomic E-state index is -3.76. The molecule has 0 aliphatic carbocycles. The maximum atomic E-state index is 12.7. The first-order valence-electron chi connectivity index (χ1n) is 10.5. The van der Waals surface area contributed by atoms with Gasteiger partial charge in [0.25, 0.3) is 0 Å². The van der Waals surface area contributed by atoms with Crippen molar-refractivity contribution in [3.05, 3.63) is 54.4 Å². The van der Waals surface area contributed by atoms with Crippen LogP contribution in [0.15, 0.2) is 53.6 Å². The molecule has 2 heterocycles. The topological polar surface area (TPSA) is 127 Å². The van der Waals surface area contributed by atoms with E-state index in [1.807, 2.05) is 6.07 Å². The summed E-state index contributed by atoms with van der Waals surface area (Å²) >= 11 is 0. The van der Waals surface area contributed by atoms with Crippen molar-refractivity contribution < 1.29 is 27.8 Å². The van der Waals surface area contributed by atoms with Gasteiger partial charge in [0.15, 0.2) is 0 Å². The Hall–Kier alpha value is -2.53. The molecule has 3 N–H and O–H groups in total. The van der Waals surface area contributed by atoms with Crippen molar-refractivity contribution in [2.45, 2.75) is 48.8 Å². The fraction of sp³-hybridized carbons (Fsp3) is 0.455. The molecule has 1 fully saturated rings. The molecule has 0 unspecified atom stereocenters. The van der Waals surface area contributed by atoms with Crippen LogP contribution in [-0.2, 0) is 26.0 Å². The number of nitrogens with zero attached hydrogens (tertiary/aromatic N) is 1. The molecule has 1 aliphatic rings. The quantitative estimate of drug-likeness (QED) is 0.480. The average molecular weight is 464 g/mol. The highest BCUT2D eigenvalue weighted by molar-refractivity contribution is 7.89. The van der Waals surface area contributed by atoms with Crippen LogP contribution in [0.5, 0.6) is 5.75 Å². The summed E-state index contributed by atoms with van der Waals surface area (Å²) in [7, 11) is -2.25. The molecule has 10 heteroatoms. The van der Waals surface area contributed by atoms with Gasteiger partial charge in [0.2, 0.25) is 15.9 Å². The first-order valence-corrected chi connectivity index (χ1v) is 12.0. The summed E-state index contributed by atoms with van der Waals surface area (Å²) in [5, 5.41) is 12.6. The third-order valence-electron chi connectivity index (χ3n) is 5.33. The largest absolute Gasteiger partial charge is 0.497 e. The fourth-order valence-electron chi connectivity index (χ4n) is 3.60. The predicted octanol–water partition coefficient (Wildman–Crippen LogP) is 1.03. The molecule has 174 valence electrons. The molecule has 0 saturated carbocycles. The zero-order chi connectivity index (χ0) is 23.0. The minimum absolute atomic E-state index is 0.118. The summed E-state index contributed by atoms with van der Waals surface area (Å²) in [6.45, 7) is 0.120. The Balaban J connectivity index is 1.47. The molecule has 0 spiro atoms. The SMILES string of the molecule is COc1ccc(S(=O)(=O)N[C@H]2CC[C@@H](CCNC(=O)Cc3ccccn3)O[C@@H]2CO)cc1. The second-order valence-corrected chi connectivity index (χ2v) is 9.31. The number of aliphatic hydroxyl groups excluding tert-OH is 1. The van der Waals surface area contributed by atoms with Gasteiger partial charge in [-0.2, -0.15) is 0 Å². The highest BCUT2D eigenvalue weighted by atomic mass is 32.2. The molecule has 1 amide bonds. The van der Waals surface area contributed by atoms with Crippen molar-refractivity contribution in [3.63, 3.8) is 0 Å². The number of carbonyl (C=O) groups is 1. The number of benzene rings is 1. The van der Waals surface area contributed by atoms with Gasteiger partial charge < -0.3 is 19.9 Å². The lowest BCUT2D eigenvalue weighted by Gasteiger charge is -2.36. The summed E-state index contributed by atoms with van der Waals surface area (Å²) in [5.41, 5.74) is 0.700. The lowest BCUT2D eigenvalue weighted by molar-refractivity contribution is -0.121. The van der Waals surface area contributed by atoms with Crippen LogP contribution in [0.4, 0.5) is 0 Å². The van der Waals surface area contributed by atoms with E-state index in [2.05, 4.69) is 15.0 Å². The maximum Gasteiger partial charge on any atom is 0.240 e. The molecule has 1 saturated heterocycles. The number of carbonyl (C=O) groups excluding carboxylic acids is 1. The summed E-state index contributed by atoms with van der Waals surface area (Å²) in [6.07, 6.45) is 2.72. The van der Waals surface area contributed by atoms with Gasteiger partial charge in [-0.15, -0.1) is 0 Å². The highest BCUT2D eigenvalue weighted by Crippen LogP contribution is 2.24. The van der Waals surface area contributed by atoms with E-state index >= 15 is 0 Å². The van der Waals surface area contributed by atoms with Crippen molar-refractivity contribution >= 4 is 15.9 Å². The van der Waals surface area contributed by atoms with Crippen molar-refractivity contribution in [2.75, 3.05) is 20.3 Å². The number of sulfonamides is 1. The van der Waals surface area contributed by atoms with Crippen molar-refractivity contribution in [1.82, 2.24) is 15.0 Å². The Bertz CT molecular complexity index is 969. The van der Waals surface area contributed by atoms with Gasteiger partial charge >= 0.3 is 0 Å². The molecule has 1 aromatic carbocycles. The Morgan fingerprint density at radius 1 is 1.22 bits per heavy atom. The molecule has 0 radical (unpaired) electrons. The maximum absolute atomic E-state index is 12.7. The molecular weight excluding hydrogens is 434 g/mol. The molecule has 2 aromatic rings. The van der Waals surface area contributed by atoms with Gasteiger partial charge in [-0.1, -0.05) is 6.07 Å². The molecular formula is C22H29N3O6S. The first-order chi connectivity index (χ1) is 15.4. The average Bonchev–Trinajstić information content (AvgIpc) is 2.80. The molecule has 1 aromatic heterocycles. The Labute approximate surface area is 188 Å². The van der Waals surface area contributed by atoms with Gasteiger partial charge in [-0.05, 0) is 55.7 Å². The highest BCUT2D eigenvalue weighted by Gasteiger charge is 2.33. The number of amides is 1. The standard InChI is InChI=1S/C22H29N3O6S/c1-30-17-5-8-19(9-6-17)32(28,29)25-20-10-7-18(31-21(20)15-26)11-13-24-22(27)14-16-4-2-3-12-23-16/h2-6,8-9,12,18,20-21,25-26H,7,10-11,13-15H2,1H3,(H,24,27)/t18-,20-,21+/m0/s1. The lowest BCUT2D eigenvalue weighted by atomic mass is 9.98. The normalized spacial score (nSPS) is 21.1. The van der Waals surface area contributed by atoms with Crippen LogP contribution < -0.4 is 14.8 Å². The number of aromatic nitrogens is 1. The summed E-state index contributed by atoms with van der Waals surface area (Å²) in [4.78, 5) is 16.3. The van der Waals surface area contributed by atoms with E-state index in [0.29, 0.717) is 37.3 Å². The first kappa shape index (κ1) is 24.1. The van der Waals surface area contributed by atoms with E-state index < -0.39 is 22.2 Å². The number of nitrogens with one attached hydrogen (secondary N) is 2. The summed E-state index contributed by atoms with van der Waals surface area (Å²) in [6, 6.07) is 11.0. The Kier molecular flexibility index (Phi) is 8.57. The van der Waals surface area contributed by atoms with Gasteiger partial charge in [-0.25, -0.2) is 13.1 Å². The molecule has 32 heavy (non-hydrogen) atoms. The number of aliphatic hydroxyl groups is 1. The minimum Gasteiger partial charge on any atom is -0.497 e. The van der Waals surface area contributed by atoms with Gasteiger partial charge in [0.1, 0.15) is 5.75 Å². The van der Waals surface area contributed by atoms with Gasteiger partial charge in [0, 0.05) is 18.4 Å². The van der Waals surface area contributed by atoms with E-state index in [9.17, 15) is 18.3 Å². The monoisotopic (exact) mass is 463 g/mol. The smallest absolute Gasteiger partial charge is 0.240 e. The summed E-state index contributed by atoms with van der Waals surface area (Å²) < 4.78 is 39.0. The van der Waals surface area contributed by atoms with Crippen LogP contribution >= 0.6 is 0 Å². The molecule has 0 bridgehead atoms. The number of hydrogen-bond donors (Lipinski definition) is 3. The van der Waals surface area contributed by atoms with Crippen molar-refractivity contribution in [2.24, 2.45) is 0 Å². The van der Waals surface area contributed by atoms with Gasteiger partial charge in [-0.3, -0.25) is 9.78 Å². The van der Waals surface area contributed by atoms with E-state index in [1.165, 1.54) is 19.2 Å². The second kappa shape index (κ2) is 11.4. The zero-order valence-corrected chi connectivity index (χ0v) is 18.8. The number of hydrogen-bond acceptors (Lipinski definition) is 7. The molecule has 9 nitrogen and oxygen atoms in total. The van der Waals surface area contributed by atoms with E-state index in [4.69, 9.17) is 9.47 Å². The third-order valence-corrected chi connectivity index (χ3v) is 6.83. The third kappa shape index (κ3) is 6.73. The molecule has 3 rings (SSSR count). The van der Waals surface area contributed by atoms with E-state index in [-0.39, 0.29) is 29.9 Å². The molecule has 3 atom stereocenters. The van der Waals surface area contributed by atoms with E-state index in [1.54, 1.807) is 30.5 Å². The molecule has 1 aliphatic heterocycles. The fourth-order valence-corrected chi connectivity index (χ4v) is 4.90. The van der Waals surface area contributed by atoms with Crippen LogP contribution in [0.2, 0.25) is 0 Å². The number of methoxy groups -OCH3 is 1. The number of ether oxygens (including phenoxy) is 2. The number of pyridine rings is 1. The van der Waals surface area contributed by atoms with Crippen molar-refractivity contribution in [1.29, 1.82) is 0 Å². The van der Waals surface area contributed by atoms with Crippen LogP contribution in [0.1, 0.15) is 25.0 Å². The van der Waals surface area contributed by atoms with Crippen LogP contribution in [0.25, 0.3) is 0 Å². The van der Waals surface area contributed by atoms with Crippen molar-refractivity contribution in [3.8, 4) is 5.75 Å². The van der Waals surface area contributed by atoms with Crippen LogP contribution in [-0.4, -0.2) is 62.9 Å². The van der Waals surface area contributed by atoms with E-state index in [0.717, 1.165) is 0 Å². The second-order valence-electron chi connectivity index (χ2n) is 7.60. The Morgan fingerprint density at radius 3 is 2.66 bits per heavy atom. The number of rotatable bonds is 10. The van der Waals surface area contributed by atoms with Crippen LogP contribution in [0.3, 0.4) is 0 Å². The summed E-state index contributed by atoms with van der Waals surface area (Å²) in [5.74, 6) is 0.441.